The molecule has 2 amide bonds. The smallest absolute Gasteiger partial charge is 0.264 e. The van der Waals surface area contributed by atoms with Gasteiger partial charge in [0.05, 0.1) is 31.3 Å². The van der Waals surface area contributed by atoms with Crippen LogP contribution >= 0.6 is 11.6 Å². The monoisotopic (exact) mass is 455 g/mol. The fourth-order valence-electron chi connectivity index (χ4n) is 2.51. The van der Waals surface area contributed by atoms with Crippen LogP contribution in [0.1, 0.15) is 10.4 Å². The molecule has 0 bridgehead atoms. The third-order valence-corrected chi connectivity index (χ3v) is 6.05. The van der Waals surface area contributed by atoms with E-state index < -0.39 is 21.8 Å². The first-order chi connectivity index (χ1) is 14.1. The minimum Gasteiger partial charge on any atom is -0.495 e. The number of halogens is 1. The van der Waals surface area contributed by atoms with E-state index in [1.54, 1.807) is 12.1 Å². The van der Waals surface area contributed by atoms with Crippen molar-refractivity contribution in [3.8, 4) is 5.75 Å². The zero-order valence-electron chi connectivity index (χ0n) is 16.9. The van der Waals surface area contributed by atoms with Crippen molar-refractivity contribution in [1.82, 2.24) is 9.37 Å². The fraction of sp³-hybridized carbons (Fsp3) is 0.263. The average Bonchev–Trinajstić information content (AvgIpc) is 2.72. The number of ether oxygens (including phenoxy) is 1. The van der Waals surface area contributed by atoms with E-state index in [4.69, 9.17) is 21.2 Å². The first kappa shape index (κ1) is 23.6. The molecular weight excluding hydrogens is 434 g/mol. The van der Waals surface area contributed by atoms with Gasteiger partial charge in [0, 0.05) is 24.7 Å². The van der Waals surface area contributed by atoms with Crippen LogP contribution in [-0.4, -0.2) is 64.5 Å². The molecule has 0 radical (unpaired) electrons. The van der Waals surface area contributed by atoms with Crippen molar-refractivity contribution in [2.75, 3.05) is 40.2 Å². The number of likely N-dealkylation sites (N-methyl/N-ethyl adjacent to an activating group) is 1. The van der Waals surface area contributed by atoms with Crippen LogP contribution in [0.4, 0.5) is 5.69 Å². The molecule has 0 heterocycles. The van der Waals surface area contributed by atoms with E-state index in [0.29, 0.717) is 20.9 Å². The number of rotatable bonds is 8. The van der Waals surface area contributed by atoms with Gasteiger partial charge in [-0.2, -0.15) is 0 Å². The van der Waals surface area contributed by atoms with Gasteiger partial charge in [-0.3, -0.25) is 14.4 Å². The Hall–Kier alpha value is -2.66. The van der Waals surface area contributed by atoms with Crippen molar-refractivity contribution in [1.29, 1.82) is 0 Å². The van der Waals surface area contributed by atoms with E-state index in [1.165, 1.54) is 58.6 Å². The summed E-state index contributed by atoms with van der Waals surface area (Å²) in [5.41, 5.74) is 0.475. The molecule has 0 saturated carbocycles. The zero-order valence-corrected chi connectivity index (χ0v) is 18.5. The standard InChI is InChI=1S/C19H22ClN3O6S/c1-22(12-18(24)21-16-11-14(20)8-9-17(16)28-3)19(25)13-6-5-7-15(10-13)30(26,27)23(2)29-4/h5-11H,12H2,1-4H3,(H,21,24). The van der Waals surface area contributed by atoms with Crippen molar-refractivity contribution < 1.29 is 27.6 Å². The molecule has 1 N–H and O–H groups in total. The van der Waals surface area contributed by atoms with Gasteiger partial charge in [0.25, 0.3) is 15.9 Å². The fourth-order valence-corrected chi connectivity index (χ4v) is 3.70. The number of nitrogens with one attached hydrogen (secondary N) is 1. The number of hydrogen-bond acceptors (Lipinski definition) is 6. The molecular formula is C19H22ClN3O6S. The van der Waals surface area contributed by atoms with Crippen LogP contribution in [0.3, 0.4) is 0 Å². The molecule has 9 nitrogen and oxygen atoms in total. The highest BCUT2D eigenvalue weighted by Gasteiger charge is 2.23. The summed E-state index contributed by atoms with van der Waals surface area (Å²) in [7, 11) is 1.43. The Balaban J connectivity index is 2.14. The van der Waals surface area contributed by atoms with Crippen molar-refractivity contribution in [3.63, 3.8) is 0 Å². The summed E-state index contributed by atoms with van der Waals surface area (Å²) in [6.45, 7) is -0.274. The number of sulfonamides is 1. The van der Waals surface area contributed by atoms with Gasteiger partial charge in [0.15, 0.2) is 0 Å². The van der Waals surface area contributed by atoms with Gasteiger partial charge in [-0.15, -0.1) is 0 Å². The van der Waals surface area contributed by atoms with Crippen molar-refractivity contribution in [3.05, 3.63) is 53.1 Å². The summed E-state index contributed by atoms with van der Waals surface area (Å²) in [5, 5.41) is 3.05. The molecule has 162 valence electrons. The number of amides is 2. The number of nitrogens with zero attached hydrogens (tertiary/aromatic N) is 2. The van der Waals surface area contributed by atoms with E-state index in [1.807, 2.05) is 0 Å². The second kappa shape index (κ2) is 9.90. The van der Waals surface area contributed by atoms with Gasteiger partial charge in [-0.05, 0) is 36.4 Å². The SMILES string of the molecule is COc1ccc(Cl)cc1NC(=O)CN(C)C(=O)c1cccc(S(=O)(=O)N(C)OC)c1. The highest BCUT2D eigenvalue weighted by Crippen LogP contribution is 2.27. The van der Waals surface area contributed by atoms with E-state index in [0.717, 1.165) is 4.90 Å². The highest BCUT2D eigenvalue weighted by molar-refractivity contribution is 7.89. The Labute approximate surface area is 180 Å². The third kappa shape index (κ3) is 5.48. The van der Waals surface area contributed by atoms with Gasteiger partial charge in [0.2, 0.25) is 5.91 Å². The minimum absolute atomic E-state index is 0.108. The molecule has 0 atom stereocenters. The lowest BCUT2D eigenvalue weighted by Crippen LogP contribution is -2.35. The molecule has 0 aliphatic heterocycles. The zero-order chi connectivity index (χ0) is 22.5. The van der Waals surface area contributed by atoms with Crippen LogP contribution in [0, 0.1) is 0 Å². The molecule has 0 aliphatic carbocycles. The Morgan fingerprint density at radius 1 is 1.10 bits per heavy atom. The second-order valence-electron chi connectivity index (χ2n) is 6.18. The molecule has 2 aromatic rings. The number of carbonyl (C=O) groups excluding carboxylic acids is 2. The van der Waals surface area contributed by atoms with E-state index in [-0.39, 0.29) is 17.0 Å². The molecule has 0 spiro atoms. The molecule has 2 rings (SSSR count). The lowest BCUT2D eigenvalue weighted by atomic mass is 10.2. The van der Waals surface area contributed by atoms with Crippen LogP contribution < -0.4 is 10.1 Å². The van der Waals surface area contributed by atoms with Gasteiger partial charge in [-0.25, -0.2) is 8.42 Å². The quantitative estimate of drug-likeness (QED) is 0.612. The highest BCUT2D eigenvalue weighted by atomic mass is 35.5. The molecule has 0 fully saturated rings. The predicted molar refractivity (Wildman–Crippen MR) is 112 cm³/mol. The van der Waals surface area contributed by atoms with Gasteiger partial charge < -0.3 is 15.0 Å². The maximum atomic E-state index is 12.7. The maximum Gasteiger partial charge on any atom is 0.264 e. The Morgan fingerprint density at radius 2 is 1.80 bits per heavy atom. The topological polar surface area (TPSA) is 105 Å². The average molecular weight is 456 g/mol. The Bertz CT molecular complexity index is 1040. The summed E-state index contributed by atoms with van der Waals surface area (Å²) in [5.74, 6) is -0.587. The van der Waals surface area contributed by atoms with Crippen LogP contribution in [0.5, 0.6) is 5.75 Å². The molecule has 11 heteroatoms. The van der Waals surface area contributed by atoms with Gasteiger partial charge >= 0.3 is 0 Å². The molecule has 0 unspecified atom stereocenters. The van der Waals surface area contributed by atoms with Crippen molar-refractivity contribution >= 4 is 39.1 Å². The Kier molecular flexibility index (Phi) is 7.79. The lowest BCUT2D eigenvalue weighted by Gasteiger charge is -2.19. The molecule has 0 saturated heterocycles. The molecule has 2 aromatic carbocycles. The predicted octanol–water partition coefficient (Wildman–Crippen LogP) is 2.24. The van der Waals surface area contributed by atoms with Gasteiger partial charge in [-0.1, -0.05) is 22.1 Å². The number of hydroxylamine groups is 1. The van der Waals surface area contributed by atoms with Crippen LogP contribution in [-0.2, 0) is 19.7 Å². The van der Waals surface area contributed by atoms with E-state index in [2.05, 4.69) is 5.32 Å². The first-order valence-corrected chi connectivity index (χ1v) is 10.4. The normalized spacial score (nSPS) is 11.3. The van der Waals surface area contributed by atoms with Crippen molar-refractivity contribution in [2.45, 2.75) is 4.90 Å². The van der Waals surface area contributed by atoms with Crippen molar-refractivity contribution in [2.24, 2.45) is 0 Å². The lowest BCUT2D eigenvalue weighted by molar-refractivity contribution is -0.116. The first-order valence-electron chi connectivity index (χ1n) is 8.62. The summed E-state index contributed by atoms with van der Waals surface area (Å²) < 4.78 is 30.6. The number of carbonyl (C=O) groups is 2. The van der Waals surface area contributed by atoms with E-state index >= 15 is 0 Å². The number of anilines is 1. The maximum absolute atomic E-state index is 12.7. The van der Waals surface area contributed by atoms with Crippen LogP contribution in [0.2, 0.25) is 5.02 Å². The van der Waals surface area contributed by atoms with E-state index in [9.17, 15) is 18.0 Å². The molecule has 0 aliphatic rings. The molecule has 30 heavy (non-hydrogen) atoms. The summed E-state index contributed by atoms with van der Waals surface area (Å²) in [6.07, 6.45) is 0. The van der Waals surface area contributed by atoms with Crippen LogP contribution in [0.25, 0.3) is 0 Å². The van der Waals surface area contributed by atoms with Crippen LogP contribution in [0.15, 0.2) is 47.4 Å². The number of methoxy groups -OCH3 is 1. The summed E-state index contributed by atoms with van der Waals surface area (Å²) in [6, 6.07) is 10.2. The second-order valence-corrected chi connectivity index (χ2v) is 8.55. The summed E-state index contributed by atoms with van der Waals surface area (Å²) >= 11 is 5.94. The minimum atomic E-state index is -3.91. The molecule has 0 aromatic heterocycles. The number of benzene rings is 2. The largest absolute Gasteiger partial charge is 0.495 e. The number of hydrogen-bond donors (Lipinski definition) is 1. The summed E-state index contributed by atoms with van der Waals surface area (Å²) in [4.78, 5) is 30.8. The third-order valence-electron chi connectivity index (χ3n) is 4.14. The Morgan fingerprint density at radius 3 is 2.43 bits per heavy atom. The van der Waals surface area contributed by atoms with Gasteiger partial charge in [0.1, 0.15) is 5.75 Å².